The fourth-order valence-electron chi connectivity index (χ4n) is 10.7. The van der Waals surface area contributed by atoms with Crippen LogP contribution < -0.4 is 0 Å². The normalized spacial score (nSPS) is 46.6. The highest BCUT2D eigenvalue weighted by atomic mass is 16.7. The number of hydrogen-bond acceptors (Lipinski definition) is 7. The molecular weight excluding hydrogens is 484 g/mol. The lowest BCUT2D eigenvalue weighted by atomic mass is 9.34. The Bertz CT molecular complexity index is 1050. The first kappa shape index (κ1) is 27.5. The number of rotatable bonds is 3. The lowest BCUT2D eigenvalue weighted by molar-refractivity contribution is -0.266. The van der Waals surface area contributed by atoms with Crippen LogP contribution in [0.2, 0.25) is 0 Å². The van der Waals surface area contributed by atoms with Crippen LogP contribution in [0.15, 0.2) is 11.8 Å². The van der Waals surface area contributed by atoms with Gasteiger partial charge in [0.15, 0.2) is 0 Å². The van der Waals surface area contributed by atoms with Crippen molar-refractivity contribution in [1.82, 2.24) is 0 Å². The van der Waals surface area contributed by atoms with Gasteiger partial charge in [-0.25, -0.2) is 0 Å². The van der Waals surface area contributed by atoms with E-state index in [1.54, 1.807) is 6.26 Å². The van der Waals surface area contributed by atoms with Crippen molar-refractivity contribution in [1.29, 1.82) is 0 Å². The van der Waals surface area contributed by atoms with Crippen molar-refractivity contribution < 1.29 is 33.3 Å². The molecule has 5 rings (SSSR count). The monoisotopic (exact) mass is 530 g/mol. The van der Waals surface area contributed by atoms with Gasteiger partial charge < -0.3 is 18.9 Å². The Morgan fingerprint density at radius 2 is 1.42 bits per heavy atom. The van der Waals surface area contributed by atoms with Crippen molar-refractivity contribution >= 4 is 17.9 Å². The maximum absolute atomic E-state index is 12.6. The van der Waals surface area contributed by atoms with E-state index in [0.717, 1.165) is 24.8 Å². The van der Waals surface area contributed by atoms with Crippen molar-refractivity contribution in [3.63, 3.8) is 0 Å². The summed E-state index contributed by atoms with van der Waals surface area (Å²) in [5.74, 6) is -0.397. The Kier molecular flexibility index (Phi) is 6.51. The third-order valence-electron chi connectivity index (χ3n) is 11.9. The zero-order valence-corrected chi connectivity index (χ0v) is 24.4. The van der Waals surface area contributed by atoms with Gasteiger partial charge in [-0.3, -0.25) is 14.4 Å². The molecule has 0 saturated heterocycles. The molecule has 4 saturated carbocycles. The van der Waals surface area contributed by atoms with E-state index in [0.29, 0.717) is 18.3 Å². The summed E-state index contributed by atoms with van der Waals surface area (Å²) < 4.78 is 23.8. The number of esters is 3. The van der Waals surface area contributed by atoms with Crippen molar-refractivity contribution in [2.75, 3.05) is 0 Å². The molecule has 0 radical (unpaired) electrons. The maximum atomic E-state index is 12.6. The molecule has 0 spiro atoms. The van der Waals surface area contributed by atoms with E-state index >= 15 is 0 Å². The third kappa shape index (κ3) is 3.92. The Morgan fingerprint density at radius 3 is 2.05 bits per heavy atom. The van der Waals surface area contributed by atoms with Gasteiger partial charge in [0.05, 0.1) is 12.2 Å². The van der Waals surface area contributed by atoms with Crippen molar-refractivity contribution in [2.24, 2.45) is 45.3 Å². The third-order valence-corrected chi connectivity index (χ3v) is 11.9. The molecule has 0 unspecified atom stereocenters. The van der Waals surface area contributed by atoms with Gasteiger partial charge in [0, 0.05) is 31.8 Å². The fourth-order valence-corrected chi connectivity index (χ4v) is 10.7. The summed E-state index contributed by atoms with van der Waals surface area (Å²) in [4.78, 5) is 36.9. The average molecular weight is 531 g/mol. The van der Waals surface area contributed by atoms with Crippen LogP contribution in [0.5, 0.6) is 0 Å². The minimum Gasteiger partial charge on any atom is -0.462 e. The molecule has 0 aromatic rings. The molecule has 4 aliphatic carbocycles. The SMILES string of the molecule is CC(=O)O[C@@H]1OC=C2[C@@H](OC(C)=O)C[C@H]3[C@]4(C)CC[C@H]5C(C)(C)CCC[C@]5(C)[C@H]4C[C@@H](OC(C)=O)[C@]3(C)[C@H]21. The molecule has 4 fully saturated rings. The van der Waals surface area contributed by atoms with Gasteiger partial charge in [-0.15, -0.1) is 0 Å². The zero-order valence-electron chi connectivity index (χ0n) is 24.4. The van der Waals surface area contributed by atoms with Gasteiger partial charge in [0.1, 0.15) is 12.2 Å². The summed E-state index contributed by atoms with van der Waals surface area (Å²) in [6, 6.07) is 0. The minimum atomic E-state index is -0.841. The van der Waals surface area contributed by atoms with Gasteiger partial charge in [0.25, 0.3) is 6.29 Å². The summed E-state index contributed by atoms with van der Waals surface area (Å²) in [6.07, 6.45) is 7.25. The molecular formula is C31H46O7. The molecule has 5 aliphatic rings. The van der Waals surface area contributed by atoms with Gasteiger partial charge in [0.2, 0.25) is 0 Å². The molecule has 0 bridgehead atoms. The first-order chi connectivity index (χ1) is 17.6. The molecule has 212 valence electrons. The van der Waals surface area contributed by atoms with Crippen LogP contribution >= 0.6 is 0 Å². The maximum Gasteiger partial charge on any atom is 0.305 e. The molecule has 0 aromatic heterocycles. The van der Waals surface area contributed by atoms with Crippen LogP contribution in [0, 0.1) is 45.3 Å². The lowest BCUT2D eigenvalue weighted by Gasteiger charge is -2.71. The van der Waals surface area contributed by atoms with Crippen molar-refractivity contribution in [2.45, 2.75) is 119 Å². The Labute approximate surface area is 227 Å². The highest BCUT2D eigenvalue weighted by Gasteiger charge is 2.72. The summed E-state index contributed by atoms with van der Waals surface area (Å²) in [5.41, 5.74) is 0.612. The predicted molar refractivity (Wildman–Crippen MR) is 140 cm³/mol. The van der Waals surface area contributed by atoms with E-state index in [1.165, 1.54) is 40.0 Å². The van der Waals surface area contributed by atoms with Crippen LogP contribution in [0.3, 0.4) is 0 Å². The standard InChI is InChI=1S/C31H46O7/c1-17(32)36-21-14-24-30(7)13-10-22-28(4,5)11-9-12-29(22,6)23(30)15-25(37-18(2)33)31(24,8)26-20(21)16-35-27(26)38-19(3)34/h16,21-27H,9-15H2,1-8H3/t21-,22-,23+,24-,25+,26+,27-,29-,30+,31+/m0/s1. The number of carbonyl (C=O) groups excluding carboxylic acids is 3. The van der Waals surface area contributed by atoms with E-state index in [2.05, 4.69) is 34.6 Å². The van der Waals surface area contributed by atoms with Crippen LogP contribution in [0.25, 0.3) is 0 Å². The summed E-state index contributed by atoms with van der Waals surface area (Å²) >= 11 is 0. The van der Waals surface area contributed by atoms with Crippen molar-refractivity contribution in [3.05, 3.63) is 11.8 Å². The van der Waals surface area contributed by atoms with E-state index in [1.807, 2.05) is 0 Å². The molecule has 38 heavy (non-hydrogen) atoms. The van der Waals surface area contributed by atoms with E-state index in [4.69, 9.17) is 18.9 Å². The summed E-state index contributed by atoms with van der Waals surface area (Å²) in [7, 11) is 0. The molecule has 10 atom stereocenters. The van der Waals surface area contributed by atoms with Gasteiger partial charge >= 0.3 is 17.9 Å². The second-order valence-electron chi connectivity index (χ2n) is 14.3. The molecule has 1 heterocycles. The molecule has 0 N–H and O–H groups in total. The average Bonchev–Trinajstić information content (AvgIpc) is 3.19. The van der Waals surface area contributed by atoms with Crippen LogP contribution in [0.4, 0.5) is 0 Å². The first-order valence-corrected chi connectivity index (χ1v) is 14.5. The summed E-state index contributed by atoms with van der Waals surface area (Å²) in [5, 5.41) is 0. The van der Waals surface area contributed by atoms with E-state index in [-0.39, 0.29) is 46.1 Å². The minimum absolute atomic E-state index is 0.0582. The highest BCUT2D eigenvalue weighted by molar-refractivity contribution is 5.67. The van der Waals surface area contributed by atoms with Gasteiger partial charge in [-0.1, -0.05) is 41.0 Å². The van der Waals surface area contributed by atoms with Crippen LogP contribution in [0.1, 0.15) is 100 Å². The second-order valence-corrected chi connectivity index (χ2v) is 14.3. The topological polar surface area (TPSA) is 88.1 Å². The fraction of sp³-hybridized carbons (Fsp3) is 0.839. The van der Waals surface area contributed by atoms with E-state index < -0.39 is 23.8 Å². The molecule has 7 nitrogen and oxygen atoms in total. The van der Waals surface area contributed by atoms with E-state index in [9.17, 15) is 14.4 Å². The lowest BCUT2D eigenvalue weighted by Crippen LogP contribution is -2.69. The molecule has 7 heteroatoms. The number of ether oxygens (including phenoxy) is 4. The Morgan fingerprint density at radius 1 is 0.789 bits per heavy atom. The Balaban J connectivity index is 1.65. The van der Waals surface area contributed by atoms with Crippen molar-refractivity contribution in [3.8, 4) is 0 Å². The Hall–Kier alpha value is -2.05. The quantitative estimate of drug-likeness (QED) is 0.329. The van der Waals surface area contributed by atoms with Gasteiger partial charge in [-0.05, 0) is 72.5 Å². The number of hydrogen-bond donors (Lipinski definition) is 0. The van der Waals surface area contributed by atoms with Gasteiger partial charge in [-0.2, -0.15) is 0 Å². The predicted octanol–water partition coefficient (Wildman–Crippen LogP) is 5.95. The second kappa shape index (κ2) is 8.99. The molecule has 0 aromatic carbocycles. The number of carbonyl (C=O) groups is 3. The number of fused-ring (bicyclic) bond motifs is 7. The first-order valence-electron chi connectivity index (χ1n) is 14.5. The smallest absolute Gasteiger partial charge is 0.305 e. The van der Waals surface area contributed by atoms with Crippen LogP contribution in [-0.2, 0) is 33.3 Å². The summed E-state index contributed by atoms with van der Waals surface area (Å²) in [6.45, 7) is 16.3. The molecule has 0 amide bonds. The largest absolute Gasteiger partial charge is 0.462 e. The highest BCUT2D eigenvalue weighted by Crippen LogP contribution is 2.74. The zero-order chi connectivity index (χ0) is 27.8. The molecule has 1 aliphatic heterocycles. The van der Waals surface area contributed by atoms with Crippen LogP contribution in [-0.4, -0.2) is 36.4 Å².